The van der Waals surface area contributed by atoms with Gasteiger partial charge in [0.05, 0.1) is 6.67 Å². The first kappa shape index (κ1) is 18.1. The van der Waals surface area contributed by atoms with E-state index in [0.717, 1.165) is 31.3 Å². The molecule has 0 amide bonds. The van der Waals surface area contributed by atoms with Crippen molar-refractivity contribution in [1.82, 2.24) is 10.2 Å². The van der Waals surface area contributed by atoms with Gasteiger partial charge in [-0.15, -0.1) is 0 Å². The van der Waals surface area contributed by atoms with Gasteiger partial charge < -0.3 is 9.80 Å². The Labute approximate surface area is 165 Å². The van der Waals surface area contributed by atoms with Gasteiger partial charge in [-0.3, -0.25) is 5.32 Å². The SMILES string of the molecule is CN1Cc2c(Cl)cc(Cl)cc2[C@H](c2ccccc2N2CNC(C)(C)C2)C1. The lowest BCUT2D eigenvalue weighted by atomic mass is 9.83. The topological polar surface area (TPSA) is 18.5 Å². The molecule has 2 aliphatic heterocycles. The Hall–Kier alpha value is -1.26. The van der Waals surface area contributed by atoms with E-state index in [2.05, 4.69) is 66.3 Å². The van der Waals surface area contributed by atoms with Gasteiger partial charge in [-0.05, 0) is 55.8 Å². The van der Waals surface area contributed by atoms with Gasteiger partial charge in [-0.2, -0.15) is 0 Å². The second-order valence-electron chi connectivity index (χ2n) is 8.18. The van der Waals surface area contributed by atoms with E-state index in [9.17, 15) is 0 Å². The highest BCUT2D eigenvalue weighted by Crippen LogP contribution is 2.41. The molecule has 0 aromatic heterocycles. The van der Waals surface area contributed by atoms with E-state index < -0.39 is 0 Å². The fourth-order valence-corrected chi connectivity index (χ4v) is 4.82. The molecule has 1 fully saturated rings. The fourth-order valence-electron chi connectivity index (χ4n) is 4.25. The number of benzene rings is 2. The number of likely N-dealkylation sites (N-methyl/N-ethyl adjacent to an activating group) is 1. The van der Waals surface area contributed by atoms with Gasteiger partial charge in [-0.25, -0.2) is 0 Å². The molecule has 0 radical (unpaired) electrons. The summed E-state index contributed by atoms with van der Waals surface area (Å²) in [6, 6.07) is 12.7. The van der Waals surface area contributed by atoms with Crippen molar-refractivity contribution in [2.24, 2.45) is 0 Å². The van der Waals surface area contributed by atoms with Crippen molar-refractivity contribution in [3.05, 3.63) is 63.1 Å². The van der Waals surface area contributed by atoms with Crippen LogP contribution in [0.3, 0.4) is 0 Å². The smallest absolute Gasteiger partial charge is 0.0687 e. The highest BCUT2D eigenvalue weighted by molar-refractivity contribution is 6.35. The molecule has 2 aliphatic rings. The first-order valence-corrected chi connectivity index (χ1v) is 9.85. The number of hydrogen-bond acceptors (Lipinski definition) is 3. The normalized spacial score (nSPS) is 22.5. The minimum Gasteiger partial charge on any atom is -0.357 e. The van der Waals surface area contributed by atoms with E-state index in [0.29, 0.717) is 5.02 Å². The van der Waals surface area contributed by atoms with Crippen molar-refractivity contribution in [1.29, 1.82) is 0 Å². The third-order valence-electron chi connectivity index (χ3n) is 5.48. The molecule has 1 atom stereocenters. The van der Waals surface area contributed by atoms with Crippen LogP contribution in [0.1, 0.15) is 36.5 Å². The van der Waals surface area contributed by atoms with E-state index >= 15 is 0 Å². The summed E-state index contributed by atoms with van der Waals surface area (Å²) in [5.74, 6) is 0.264. The molecule has 0 unspecified atom stereocenters. The summed E-state index contributed by atoms with van der Waals surface area (Å²) in [5.41, 5.74) is 5.23. The predicted octanol–water partition coefficient (Wildman–Crippen LogP) is 4.72. The lowest BCUT2D eigenvalue weighted by molar-refractivity contribution is 0.295. The molecule has 4 rings (SSSR count). The highest BCUT2D eigenvalue weighted by atomic mass is 35.5. The molecule has 0 aliphatic carbocycles. The molecule has 138 valence electrons. The molecular weight excluding hydrogens is 365 g/mol. The Bertz CT molecular complexity index is 834. The Morgan fingerprint density at radius 3 is 2.62 bits per heavy atom. The van der Waals surface area contributed by atoms with Crippen LogP contribution in [0.2, 0.25) is 10.0 Å². The van der Waals surface area contributed by atoms with E-state index in [4.69, 9.17) is 23.2 Å². The van der Waals surface area contributed by atoms with Crippen molar-refractivity contribution in [3.63, 3.8) is 0 Å². The van der Waals surface area contributed by atoms with Crippen LogP contribution >= 0.6 is 23.2 Å². The quantitative estimate of drug-likeness (QED) is 0.801. The Kier molecular flexibility index (Phi) is 4.68. The predicted molar refractivity (Wildman–Crippen MR) is 111 cm³/mol. The zero-order valence-electron chi connectivity index (χ0n) is 15.5. The highest BCUT2D eigenvalue weighted by Gasteiger charge is 2.33. The zero-order chi connectivity index (χ0) is 18.5. The molecule has 1 saturated heterocycles. The van der Waals surface area contributed by atoms with Crippen LogP contribution < -0.4 is 10.2 Å². The van der Waals surface area contributed by atoms with Crippen molar-refractivity contribution >= 4 is 28.9 Å². The third-order valence-corrected chi connectivity index (χ3v) is 6.04. The van der Waals surface area contributed by atoms with Crippen molar-refractivity contribution in [2.75, 3.05) is 31.7 Å². The lowest BCUT2D eigenvalue weighted by Crippen LogP contribution is -2.35. The van der Waals surface area contributed by atoms with Crippen molar-refractivity contribution < 1.29 is 0 Å². The standard InChI is InChI=1S/C21H25Cl2N3/c1-21(2)12-26(13-24-21)20-7-5-4-6-15(20)17-10-25(3)11-18-16(17)8-14(22)9-19(18)23/h4-9,17,24H,10-13H2,1-3H3/t17-/m0/s1. The molecule has 1 N–H and O–H groups in total. The number of halogens is 2. The van der Waals surface area contributed by atoms with Gasteiger partial charge in [0.1, 0.15) is 0 Å². The van der Waals surface area contributed by atoms with Gasteiger partial charge in [0.2, 0.25) is 0 Å². The fraction of sp³-hybridized carbons (Fsp3) is 0.429. The molecule has 2 aromatic carbocycles. The van der Waals surface area contributed by atoms with Gasteiger partial charge in [0, 0.05) is 46.8 Å². The van der Waals surface area contributed by atoms with Gasteiger partial charge >= 0.3 is 0 Å². The number of fused-ring (bicyclic) bond motifs is 1. The third kappa shape index (κ3) is 3.34. The second kappa shape index (κ2) is 6.72. The average molecular weight is 390 g/mol. The van der Waals surface area contributed by atoms with E-state index in [1.807, 2.05) is 6.07 Å². The molecule has 3 nitrogen and oxygen atoms in total. The largest absolute Gasteiger partial charge is 0.357 e. The van der Waals surface area contributed by atoms with E-state index in [1.54, 1.807) is 0 Å². The summed E-state index contributed by atoms with van der Waals surface area (Å²) >= 11 is 12.9. The minimum atomic E-state index is 0.126. The molecule has 2 aromatic rings. The van der Waals surface area contributed by atoms with Gasteiger partial charge in [0.25, 0.3) is 0 Å². The minimum absolute atomic E-state index is 0.126. The Morgan fingerprint density at radius 1 is 1.12 bits per heavy atom. The number of rotatable bonds is 2. The van der Waals surface area contributed by atoms with Gasteiger partial charge in [-0.1, -0.05) is 41.4 Å². The average Bonchev–Trinajstić information content (AvgIpc) is 2.95. The maximum Gasteiger partial charge on any atom is 0.0687 e. The Morgan fingerprint density at radius 2 is 1.88 bits per heavy atom. The Balaban J connectivity index is 1.80. The first-order valence-electron chi connectivity index (χ1n) is 9.09. The second-order valence-corrected chi connectivity index (χ2v) is 9.02. The van der Waals surface area contributed by atoms with Crippen molar-refractivity contribution in [2.45, 2.75) is 31.8 Å². The molecule has 0 bridgehead atoms. The number of hydrogen-bond donors (Lipinski definition) is 1. The summed E-state index contributed by atoms with van der Waals surface area (Å²) < 4.78 is 0. The maximum atomic E-state index is 6.54. The van der Waals surface area contributed by atoms with Crippen LogP contribution in [0.4, 0.5) is 5.69 Å². The summed E-state index contributed by atoms with van der Waals surface area (Å²) in [7, 11) is 2.16. The zero-order valence-corrected chi connectivity index (χ0v) is 17.0. The lowest BCUT2D eigenvalue weighted by Gasteiger charge is -2.35. The van der Waals surface area contributed by atoms with Crippen LogP contribution in [0.25, 0.3) is 0 Å². The number of nitrogens with one attached hydrogen (secondary N) is 1. The molecule has 5 heteroatoms. The molecule has 2 heterocycles. The first-order chi connectivity index (χ1) is 12.3. The summed E-state index contributed by atoms with van der Waals surface area (Å²) in [4.78, 5) is 4.78. The summed E-state index contributed by atoms with van der Waals surface area (Å²) in [5, 5.41) is 5.08. The summed E-state index contributed by atoms with van der Waals surface area (Å²) in [6.07, 6.45) is 0. The molecule has 0 saturated carbocycles. The molecule has 0 spiro atoms. The monoisotopic (exact) mass is 389 g/mol. The van der Waals surface area contributed by atoms with E-state index in [1.165, 1.54) is 22.4 Å². The number of nitrogens with zero attached hydrogens (tertiary/aromatic N) is 2. The van der Waals surface area contributed by atoms with E-state index in [-0.39, 0.29) is 11.5 Å². The van der Waals surface area contributed by atoms with Crippen LogP contribution in [0, 0.1) is 0 Å². The van der Waals surface area contributed by atoms with Crippen LogP contribution in [0.5, 0.6) is 0 Å². The molecule has 26 heavy (non-hydrogen) atoms. The summed E-state index contributed by atoms with van der Waals surface area (Å²) in [6.45, 7) is 8.19. The number of anilines is 1. The van der Waals surface area contributed by atoms with Crippen molar-refractivity contribution in [3.8, 4) is 0 Å². The van der Waals surface area contributed by atoms with Crippen LogP contribution in [-0.2, 0) is 6.54 Å². The van der Waals surface area contributed by atoms with Crippen LogP contribution in [-0.4, -0.2) is 37.2 Å². The maximum absolute atomic E-state index is 6.54. The number of para-hydroxylation sites is 1. The molecular formula is C21H25Cl2N3. The van der Waals surface area contributed by atoms with Gasteiger partial charge in [0.15, 0.2) is 0 Å². The van der Waals surface area contributed by atoms with Crippen LogP contribution in [0.15, 0.2) is 36.4 Å².